The van der Waals surface area contributed by atoms with E-state index in [0.717, 1.165) is 6.07 Å². The van der Waals surface area contributed by atoms with E-state index >= 15 is 0 Å². The number of benzene rings is 2. The van der Waals surface area contributed by atoms with Gasteiger partial charge in [0.2, 0.25) is 11.2 Å². The molecule has 11 N–H and O–H groups in total. The van der Waals surface area contributed by atoms with Gasteiger partial charge in [-0.15, -0.1) is 0 Å². The molecule has 2 saturated heterocycles. The van der Waals surface area contributed by atoms with Gasteiger partial charge in [-0.1, -0.05) is 0 Å². The number of hydrogen-bond donors (Lipinski definition) is 11. The fourth-order valence-corrected chi connectivity index (χ4v) is 4.96. The molecule has 0 radical (unpaired) electrons. The van der Waals surface area contributed by atoms with Crippen molar-refractivity contribution in [2.24, 2.45) is 0 Å². The molecule has 0 amide bonds. The Balaban J connectivity index is 1.71. The topological polar surface area (TPSA) is 280 Å². The van der Waals surface area contributed by atoms with Gasteiger partial charge in [-0.05, 0) is 24.3 Å². The van der Waals surface area contributed by atoms with E-state index in [1.807, 2.05) is 0 Å². The number of hydrogen-bond acceptors (Lipinski definition) is 16. The molecule has 228 valence electrons. The van der Waals surface area contributed by atoms with Crippen LogP contribution in [0.2, 0.25) is 0 Å². The fraction of sp³-hybridized carbons (Fsp3) is 0.423. The molecule has 0 aliphatic carbocycles. The fourth-order valence-electron chi connectivity index (χ4n) is 4.96. The van der Waals surface area contributed by atoms with Gasteiger partial charge in [-0.25, -0.2) is 0 Å². The SMILES string of the molecule is O=c1c(C2O[C@H](O)[C@H](O)[C@@H](O)[C@@H]2O)c(-c2ccc(O)cc2)oc2cc(O)c(O[C@H]3[C@@H](O)[C@@H](CO)OC(O)[C@@H]3O)c(O)c12. The first-order chi connectivity index (χ1) is 19.8. The smallest absolute Gasteiger partial charge is 0.204 e. The minimum absolute atomic E-state index is 0.115. The van der Waals surface area contributed by atoms with E-state index in [4.69, 9.17) is 18.6 Å². The van der Waals surface area contributed by atoms with E-state index in [2.05, 4.69) is 0 Å². The Kier molecular flexibility index (Phi) is 8.03. The first-order valence-corrected chi connectivity index (χ1v) is 12.6. The van der Waals surface area contributed by atoms with E-state index < -0.39 is 107 Å². The van der Waals surface area contributed by atoms with Crippen LogP contribution in [0, 0.1) is 0 Å². The Morgan fingerprint density at radius 2 is 1.43 bits per heavy atom. The van der Waals surface area contributed by atoms with E-state index in [1.54, 1.807) is 0 Å². The lowest BCUT2D eigenvalue weighted by atomic mass is 9.90. The van der Waals surface area contributed by atoms with Crippen molar-refractivity contribution in [2.75, 3.05) is 6.61 Å². The predicted octanol–water partition coefficient (Wildman–Crippen LogP) is -2.77. The van der Waals surface area contributed by atoms with E-state index in [0.29, 0.717) is 0 Å². The van der Waals surface area contributed by atoms with Crippen LogP contribution in [-0.2, 0) is 9.47 Å². The molecule has 2 aliphatic heterocycles. The van der Waals surface area contributed by atoms with E-state index in [1.165, 1.54) is 24.3 Å². The molecule has 42 heavy (non-hydrogen) atoms. The molecule has 0 bridgehead atoms. The lowest BCUT2D eigenvalue weighted by Crippen LogP contribution is -2.60. The predicted molar refractivity (Wildman–Crippen MR) is 135 cm³/mol. The molecule has 0 saturated carbocycles. The number of aromatic hydroxyl groups is 3. The second kappa shape index (κ2) is 11.3. The zero-order chi connectivity index (χ0) is 30.6. The summed E-state index contributed by atoms with van der Waals surface area (Å²) in [6, 6.07) is 5.95. The van der Waals surface area contributed by atoms with E-state index in [-0.39, 0.29) is 17.1 Å². The molecule has 16 heteroatoms. The summed E-state index contributed by atoms with van der Waals surface area (Å²) in [6.45, 7) is -0.802. The molecule has 2 aliphatic rings. The summed E-state index contributed by atoms with van der Waals surface area (Å²) in [7, 11) is 0. The molecule has 10 atom stereocenters. The van der Waals surface area contributed by atoms with Crippen molar-refractivity contribution >= 4 is 11.0 Å². The van der Waals surface area contributed by atoms with Crippen molar-refractivity contribution in [2.45, 2.75) is 61.4 Å². The van der Waals surface area contributed by atoms with Gasteiger partial charge in [-0.3, -0.25) is 4.79 Å². The summed E-state index contributed by atoms with van der Waals surface area (Å²) in [5, 5.41) is 112. The maximum atomic E-state index is 14.0. The number of aliphatic hydroxyl groups is 8. The Morgan fingerprint density at radius 3 is 2.07 bits per heavy atom. The molecule has 0 spiro atoms. The maximum absolute atomic E-state index is 14.0. The lowest BCUT2D eigenvalue weighted by molar-refractivity contribution is -0.284. The van der Waals surface area contributed by atoms with Crippen molar-refractivity contribution in [3.8, 4) is 34.3 Å². The Hall–Kier alpha value is -3.55. The second-order valence-corrected chi connectivity index (χ2v) is 9.90. The highest BCUT2D eigenvalue weighted by molar-refractivity contribution is 5.90. The van der Waals surface area contributed by atoms with Crippen LogP contribution < -0.4 is 10.2 Å². The highest BCUT2D eigenvalue weighted by atomic mass is 16.7. The molecular formula is C26H28O16. The Labute approximate surface area is 234 Å². The largest absolute Gasteiger partial charge is 0.508 e. The summed E-state index contributed by atoms with van der Waals surface area (Å²) in [5.74, 6) is -3.27. The third-order valence-corrected chi connectivity index (χ3v) is 7.22. The monoisotopic (exact) mass is 596 g/mol. The van der Waals surface area contributed by atoms with Crippen LogP contribution in [0.25, 0.3) is 22.3 Å². The number of fused-ring (bicyclic) bond motifs is 1. The Bertz CT molecular complexity index is 1510. The number of ether oxygens (including phenoxy) is 3. The third-order valence-electron chi connectivity index (χ3n) is 7.22. The van der Waals surface area contributed by atoms with Gasteiger partial charge < -0.3 is 74.8 Å². The van der Waals surface area contributed by atoms with E-state index in [9.17, 15) is 61.0 Å². The Morgan fingerprint density at radius 1 is 0.786 bits per heavy atom. The van der Waals surface area contributed by atoms with Gasteiger partial charge in [-0.2, -0.15) is 0 Å². The molecule has 5 rings (SSSR count). The van der Waals surface area contributed by atoms with Gasteiger partial charge in [0.05, 0.1) is 12.2 Å². The molecule has 2 unspecified atom stereocenters. The van der Waals surface area contributed by atoms with Gasteiger partial charge in [0.15, 0.2) is 30.2 Å². The molecule has 2 fully saturated rings. The van der Waals surface area contributed by atoms with Crippen LogP contribution in [0.3, 0.4) is 0 Å². The van der Waals surface area contributed by atoms with Crippen LogP contribution in [0.1, 0.15) is 11.7 Å². The molecule has 2 aromatic carbocycles. The summed E-state index contributed by atoms with van der Waals surface area (Å²) >= 11 is 0. The summed E-state index contributed by atoms with van der Waals surface area (Å²) in [6.07, 6.45) is -18.7. The summed E-state index contributed by atoms with van der Waals surface area (Å²) in [4.78, 5) is 14.0. The molecular weight excluding hydrogens is 568 g/mol. The lowest BCUT2D eigenvalue weighted by Gasteiger charge is -2.40. The summed E-state index contributed by atoms with van der Waals surface area (Å²) in [5.41, 5.74) is -2.01. The quantitative estimate of drug-likeness (QED) is 0.142. The van der Waals surface area contributed by atoms with Crippen LogP contribution in [0.4, 0.5) is 0 Å². The second-order valence-electron chi connectivity index (χ2n) is 9.90. The molecule has 3 aromatic rings. The van der Waals surface area contributed by atoms with Crippen LogP contribution in [0.5, 0.6) is 23.0 Å². The molecule has 16 nitrogen and oxygen atoms in total. The first kappa shape index (κ1) is 29.9. The minimum atomic E-state index is -2.06. The zero-order valence-corrected chi connectivity index (χ0v) is 21.3. The van der Waals surface area contributed by atoms with Gasteiger partial charge >= 0.3 is 0 Å². The zero-order valence-electron chi connectivity index (χ0n) is 21.3. The normalized spacial score (nSPS) is 33.5. The number of rotatable bonds is 5. The molecule has 3 heterocycles. The maximum Gasteiger partial charge on any atom is 0.204 e. The van der Waals surface area contributed by atoms with Crippen molar-refractivity contribution in [3.63, 3.8) is 0 Å². The van der Waals surface area contributed by atoms with Crippen LogP contribution in [0.15, 0.2) is 39.5 Å². The number of aliphatic hydroxyl groups excluding tert-OH is 8. The minimum Gasteiger partial charge on any atom is -0.508 e. The highest BCUT2D eigenvalue weighted by Gasteiger charge is 2.48. The third kappa shape index (κ3) is 4.92. The van der Waals surface area contributed by atoms with Crippen molar-refractivity contribution in [3.05, 3.63) is 46.1 Å². The van der Waals surface area contributed by atoms with Gasteiger partial charge in [0.1, 0.15) is 65.2 Å². The average Bonchev–Trinajstić information content (AvgIpc) is 2.95. The highest BCUT2D eigenvalue weighted by Crippen LogP contribution is 2.45. The number of phenolic OH excluding ortho intramolecular Hbond substituents is 3. The average molecular weight is 596 g/mol. The van der Waals surface area contributed by atoms with Crippen molar-refractivity contribution < 1.29 is 74.8 Å². The van der Waals surface area contributed by atoms with Crippen molar-refractivity contribution in [1.29, 1.82) is 0 Å². The van der Waals surface area contributed by atoms with Gasteiger partial charge in [0, 0.05) is 11.6 Å². The number of phenols is 3. The van der Waals surface area contributed by atoms with Crippen LogP contribution in [-0.4, -0.2) is 118 Å². The summed E-state index contributed by atoms with van der Waals surface area (Å²) < 4.78 is 21.4. The standard InChI is InChI=1S/C26H28O16/c27-6-11-14(30)24(20(36)26(38)40-11)41-22-9(29)5-10-12(16(22)32)15(31)13(21(39-10)7-1-3-8(28)4-2-7)23-18(34)17(33)19(35)25(37)42-23/h1-5,11,14,17-20,23-30,32-38H,6H2/t11-,14+,17+,18+,19-,20-,23?,24+,25+,26?/m1/s1. The van der Waals surface area contributed by atoms with Crippen LogP contribution >= 0.6 is 0 Å². The first-order valence-electron chi connectivity index (χ1n) is 12.6. The van der Waals surface area contributed by atoms with Gasteiger partial charge in [0.25, 0.3) is 0 Å². The molecule has 1 aromatic heterocycles. The van der Waals surface area contributed by atoms with Crippen molar-refractivity contribution in [1.82, 2.24) is 0 Å².